The zero-order chi connectivity index (χ0) is 26.2. The number of aromatic nitrogens is 1. The van der Waals surface area contributed by atoms with E-state index < -0.39 is 6.04 Å². The predicted molar refractivity (Wildman–Crippen MR) is 157 cm³/mol. The van der Waals surface area contributed by atoms with Crippen molar-refractivity contribution in [3.63, 3.8) is 0 Å². The minimum atomic E-state index is -0.512. The van der Waals surface area contributed by atoms with Crippen LogP contribution in [-0.4, -0.2) is 86.9 Å². The van der Waals surface area contributed by atoms with Gasteiger partial charge < -0.3 is 25.8 Å². The quantitative estimate of drug-likeness (QED) is 0.113. The molecule has 10 heteroatoms. The maximum absolute atomic E-state index is 12.3. The van der Waals surface area contributed by atoms with Crippen molar-refractivity contribution in [3.05, 3.63) is 54.2 Å². The molecule has 0 radical (unpaired) electrons. The molecule has 0 bridgehead atoms. The molecular weight excluding hydrogens is 512 g/mol. The summed E-state index contributed by atoms with van der Waals surface area (Å²) in [6.07, 6.45) is 3.79. The number of rotatable bonds is 18. The molecule has 1 aromatic heterocycles. The van der Waals surface area contributed by atoms with Gasteiger partial charge >= 0.3 is 0 Å². The molecule has 0 saturated heterocycles. The first-order valence-corrected chi connectivity index (χ1v) is 15.3. The van der Waals surface area contributed by atoms with Crippen LogP contribution in [0.2, 0.25) is 0 Å². The van der Waals surface area contributed by atoms with Crippen molar-refractivity contribution in [2.75, 3.05) is 70.4 Å². The summed E-state index contributed by atoms with van der Waals surface area (Å²) in [4.78, 5) is 18.7. The number of amides is 1. The lowest BCUT2D eigenvalue weighted by atomic mass is 10.2. The second-order valence-corrected chi connectivity index (χ2v) is 12.2. The van der Waals surface area contributed by atoms with Crippen LogP contribution in [0, 0.1) is 0 Å². The number of alkyl halides is 1. The van der Waals surface area contributed by atoms with Gasteiger partial charge in [-0.1, -0.05) is 29.0 Å². The van der Waals surface area contributed by atoms with Crippen LogP contribution in [-0.2, 0) is 11.3 Å². The lowest BCUT2D eigenvalue weighted by Crippen LogP contribution is -2.45. The van der Waals surface area contributed by atoms with Gasteiger partial charge in [0.15, 0.2) is 0 Å². The molecule has 4 N–H and O–H groups in total. The molecule has 2 aromatic rings. The van der Waals surface area contributed by atoms with E-state index in [1.54, 1.807) is 27.8 Å². The van der Waals surface area contributed by atoms with Crippen LogP contribution >= 0.6 is 33.2 Å². The number of quaternary nitrogens is 1. The Labute approximate surface area is 229 Å². The molecule has 1 aromatic carbocycles. The highest BCUT2D eigenvalue weighted by Crippen LogP contribution is 2.29. The molecule has 7 nitrogen and oxygen atoms in total. The summed E-state index contributed by atoms with van der Waals surface area (Å²) >= 11 is 5.82. The summed E-state index contributed by atoms with van der Waals surface area (Å²) in [6, 6.07) is 13.9. The molecule has 200 valence electrons. The van der Waals surface area contributed by atoms with E-state index in [-0.39, 0.29) is 5.91 Å². The van der Waals surface area contributed by atoms with Crippen molar-refractivity contribution in [2.45, 2.75) is 30.5 Å². The highest BCUT2D eigenvalue weighted by Gasteiger charge is 2.16. The van der Waals surface area contributed by atoms with Gasteiger partial charge in [0.25, 0.3) is 0 Å². The number of benzene rings is 1. The van der Waals surface area contributed by atoms with Crippen molar-refractivity contribution in [1.29, 1.82) is 0 Å². The van der Waals surface area contributed by atoms with Gasteiger partial charge in [-0.25, -0.2) is 4.98 Å². The van der Waals surface area contributed by atoms with Crippen molar-refractivity contribution in [1.82, 2.24) is 15.6 Å². The zero-order valence-electron chi connectivity index (χ0n) is 21.8. The van der Waals surface area contributed by atoms with Crippen LogP contribution in [0.3, 0.4) is 0 Å². The summed E-state index contributed by atoms with van der Waals surface area (Å²) in [6.45, 7) is 5.45. The van der Waals surface area contributed by atoms with Gasteiger partial charge in [-0.3, -0.25) is 4.79 Å². The standard InChI is InChI=1S/C26H41ClN6OS2/c1-32(17-13-27)23-11-9-22(10-12-23)20-29-14-6-18-33(2,3)19-7-16-31-26(34)24(28)21-35-36-25-8-4-5-15-30-25/h4-5,8-12,15,24,29H,6-7,13-14,16-21,28H2,1-3H3/p+1. The topological polar surface area (TPSA) is 83.3 Å². The zero-order valence-corrected chi connectivity index (χ0v) is 24.2. The van der Waals surface area contributed by atoms with Gasteiger partial charge in [0.05, 0.1) is 33.2 Å². The predicted octanol–water partition coefficient (Wildman–Crippen LogP) is 3.59. The Hall–Kier alpha value is -1.49. The van der Waals surface area contributed by atoms with Gasteiger partial charge in [-0.2, -0.15) is 0 Å². The third-order valence-electron chi connectivity index (χ3n) is 5.85. The van der Waals surface area contributed by atoms with Crippen molar-refractivity contribution < 1.29 is 9.28 Å². The molecule has 0 aliphatic heterocycles. The molecule has 0 aliphatic carbocycles. The average molecular weight is 554 g/mol. The fourth-order valence-corrected chi connectivity index (χ4v) is 5.87. The van der Waals surface area contributed by atoms with Gasteiger partial charge in [-0.05, 0) is 40.6 Å². The molecule has 0 spiro atoms. The third-order valence-corrected chi connectivity index (χ3v) is 8.32. The Bertz CT molecular complexity index is 872. The first-order valence-electron chi connectivity index (χ1n) is 12.4. The molecular formula is C26H42ClN6OS2+. The number of nitrogens with one attached hydrogen (secondary N) is 2. The summed E-state index contributed by atoms with van der Waals surface area (Å²) in [5.74, 6) is 1.10. The van der Waals surface area contributed by atoms with Crippen LogP contribution < -0.4 is 21.3 Å². The van der Waals surface area contributed by atoms with E-state index >= 15 is 0 Å². The molecule has 1 amide bonds. The number of carbonyl (C=O) groups is 1. The van der Waals surface area contributed by atoms with Crippen LogP contribution in [0.1, 0.15) is 18.4 Å². The summed E-state index contributed by atoms with van der Waals surface area (Å²) < 4.78 is 0.932. The minimum Gasteiger partial charge on any atom is -0.373 e. The van der Waals surface area contributed by atoms with Crippen molar-refractivity contribution >= 4 is 44.8 Å². The smallest absolute Gasteiger partial charge is 0.237 e. The second kappa shape index (κ2) is 17.1. The summed E-state index contributed by atoms with van der Waals surface area (Å²) in [5.41, 5.74) is 8.51. The van der Waals surface area contributed by atoms with E-state index in [4.69, 9.17) is 17.3 Å². The van der Waals surface area contributed by atoms with Crippen molar-refractivity contribution in [3.8, 4) is 0 Å². The Morgan fingerprint density at radius 3 is 2.53 bits per heavy atom. The number of nitrogens with zero attached hydrogens (tertiary/aromatic N) is 3. The maximum Gasteiger partial charge on any atom is 0.237 e. The van der Waals surface area contributed by atoms with Gasteiger partial charge in [0.2, 0.25) is 5.91 Å². The average Bonchev–Trinajstić information content (AvgIpc) is 2.87. The highest BCUT2D eigenvalue weighted by atomic mass is 35.5. The summed E-state index contributed by atoms with van der Waals surface area (Å²) in [5, 5.41) is 7.45. The monoisotopic (exact) mass is 553 g/mol. The number of pyridine rings is 1. The largest absolute Gasteiger partial charge is 0.373 e. The number of anilines is 1. The second-order valence-electron chi connectivity index (χ2n) is 9.48. The Balaban J connectivity index is 1.52. The highest BCUT2D eigenvalue weighted by molar-refractivity contribution is 8.76. The first-order chi connectivity index (χ1) is 17.3. The van der Waals surface area contributed by atoms with Crippen molar-refractivity contribution in [2.24, 2.45) is 5.73 Å². The van der Waals surface area contributed by atoms with Gasteiger partial charge in [0, 0.05) is 69.6 Å². The van der Waals surface area contributed by atoms with Gasteiger partial charge in [0.1, 0.15) is 5.03 Å². The number of hydrogen-bond donors (Lipinski definition) is 3. The van der Waals surface area contributed by atoms with E-state index in [1.807, 2.05) is 18.2 Å². The van der Waals surface area contributed by atoms with E-state index in [1.165, 1.54) is 11.3 Å². The molecule has 1 unspecified atom stereocenters. The molecule has 2 rings (SSSR count). The lowest BCUT2D eigenvalue weighted by molar-refractivity contribution is -0.890. The molecule has 0 aliphatic rings. The Morgan fingerprint density at radius 1 is 1.14 bits per heavy atom. The number of hydrogen-bond acceptors (Lipinski definition) is 7. The van der Waals surface area contributed by atoms with E-state index in [9.17, 15) is 4.79 Å². The van der Waals surface area contributed by atoms with Crippen LogP contribution in [0.4, 0.5) is 5.69 Å². The van der Waals surface area contributed by atoms with Gasteiger partial charge in [-0.15, -0.1) is 11.6 Å². The fraction of sp³-hybridized carbons (Fsp3) is 0.538. The van der Waals surface area contributed by atoms with Crippen LogP contribution in [0.25, 0.3) is 0 Å². The van der Waals surface area contributed by atoms with E-state index in [2.05, 4.69) is 65.9 Å². The number of nitrogens with two attached hydrogens (primary N) is 1. The molecule has 1 heterocycles. The molecule has 36 heavy (non-hydrogen) atoms. The van der Waals surface area contributed by atoms with E-state index in [0.29, 0.717) is 18.2 Å². The fourth-order valence-electron chi connectivity index (χ4n) is 3.59. The van der Waals surface area contributed by atoms with E-state index in [0.717, 1.165) is 55.1 Å². The first kappa shape index (κ1) is 30.7. The van der Waals surface area contributed by atoms with Crippen LogP contribution in [0.15, 0.2) is 53.7 Å². The third kappa shape index (κ3) is 12.7. The van der Waals surface area contributed by atoms with Crippen LogP contribution in [0.5, 0.6) is 0 Å². The summed E-state index contributed by atoms with van der Waals surface area (Å²) in [7, 11) is 9.65. The molecule has 0 saturated carbocycles. The minimum absolute atomic E-state index is 0.0858. The molecule has 1 atom stereocenters. The SMILES string of the molecule is CN(CCCl)c1ccc(CNCCC[N+](C)(C)CCCNC(=O)C(N)CSSc2ccccn2)cc1. The molecule has 0 fully saturated rings. The Morgan fingerprint density at radius 2 is 1.86 bits per heavy atom. The normalized spacial score (nSPS) is 12.4. The number of halogens is 1. The lowest BCUT2D eigenvalue weighted by Gasteiger charge is -2.30. The Kier molecular flexibility index (Phi) is 14.6. The maximum atomic E-state index is 12.3. The number of carbonyl (C=O) groups excluding carboxylic acids is 1.